The minimum Gasteiger partial charge on any atom is -0.748 e. The van der Waals surface area contributed by atoms with Gasteiger partial charge in [0.15, 0.2) is 6.10 Å². The topological polar surface area (TPSA) is 221 Å². The summed E-state index contributed by atoms with van der Waals surface area (Å²) in [5, 5.41) is 35.4. The zero-order valence-electron chi connectivity index (χ0n) is 19.4. The molecule has 2 aliphatic heterocycles. The zero-order valence-corrected chi connectivity index (χ0v) is 25.9. The van der Waals surface area contributed by atoms with E-state index in [1.807, 2.05) is 0 Å². The number of aliphatic hydroxyl groups is 1. The summed E-state index contributed by atoms with van der Waals surface area (Å²) in [5.74, 6) is -4.47. The van der Waals surface area contributed by atoms with Gasteiger partial charge in [-0.25, -0.2) is 8.42 Å². The predicted octanol–water partition coefficient (Wildman–Crippen LogP) is -8.65. The number of rotatable bonds is 9. The number of carboxylic acid groups (broad SMARTS) is 1. The van der Waals surface area contributed by atoms with Gasteiger partial charge in [0.05, 0.1) is 27.5 Å². The van der Waals surface area contributed by atoms with Gasteiger partial charge in [0.25, 0.3) is 11.8 Å². The van der Waals surface area contributed by atoms with Crippen LogP contribution < -0.4 is 69.5 Å². The Labute approximate surface area is 263 Å². The summed E-state index contributed by atoms with van der Waals surface area (Å²) in [7, 11) is -4.82. The van der Waals surface area contributed by atoms with E-state index in [9.17, 15) is 37.6 Å². The van der Waals surface area contributed by atoms with E-state index in [0.717, 1.165) is 16.7 Å². The van der Waals surface area contributed by atoms with Crippen molar-refractivity contribution in [2.24, 2.45) is 0 Å². The van der Waals surface area contributed by atoms with Gasteiger partial charge in [0.2, 0.25) is 5.16 Å². The van der Waals surface area contributed by atoms with Crippen LogP contribution in [0.1, 0.15) is 11.7 Å². The van der Waals surface area contributed by atoms with Crippen LogP contribution in [0.4, 0.5) is 0 Å². The van der Waals surface area contributed by atoms with Crippen LogP contribution in [0, 0.1) is 0 Å². The number of carbonyl (C=O) groups is 3. The summed E-state index contributed by atoms with van der Waals surface area (Å²) in [6.07, 6.45) is -1.55. The van der Waals surface area contributed by atoms with E-state index in [1.165, 1.54) is 12.1 Å². The normalized spacial score (nSPS) is 20.5. The molecule has 2 aromatic rings. The summed E-state index contributed by atoms with van der Waals surface area (Å²) in [6, 6.07) is 6.89. The van der Waals surface area contributed by atoms with E-state index in [0.29, 0.717) is 17.3 Å². The van der Waals surface area contributed by atoms with Crippen molar-refractivity contribution in [2.75, 3.05) is 11.5 Å². The molecule has 4 rings (SSSR count). The first-order valence-corrected chi connectivity index (χ1v) is 13.3. The molecule has 19 heteroatoms. The largest absolute Gasteiger partial charge is 1.00 e. The van der Waals surface area contributed by atoms with E-state index in [2.05, 4.69) is 25.9 Å². The fourth-order valence-corrected chi connectivity index (χ4v) is 7.26. The Morgan fingerprint density at radius 1 is 1.30 bits per heavy atom. The first kappa shape index (κ1) is 32.2. The summed E-state index contributed by atoms with van der Waals surface area (Å²) < 4.78 is 34.5. The number of nitrogens with zero attached hydrogens (tertiary/aromatic N) is 4. The zero-order chi connectivity index (χ0) is 25.3. The number of benzene rings is 1. The van der Waals surface area contributed by atoms with Gasteiger partial charge in [-0.3, -0.25) is 14.5 Å². The first-order chi connectivity index (χ1) is 16.6. The fourth-order valence-electron chi connectivity index (χ4n) is 3.62. The van der Waals surface area contributed by atoms with Gasteiger partial charge in [-0.1, -0.05) is 42.1 Å². The second kappa shape index (κ2) is 13.4. The number of aromatic amines is 1. The SMILES string of the molecule is O=C([O-])C1=C(C(CS(=O)(=O)[O-])Sc2nn[nH]n2)CS[C@H]2C(NC(=O)C(O)c3ccccc3)C(=O)N12.[Na+].[Na+]. The molecule has 0 spiro atoms. The molecule has 186 valence electrons. The molecule has 3 unspecified atom stereocenters. The van der Waals surface area contributed by atoms with Gasteiger partial charge in [-0.15, -0.1) is 22.0 Å². The fraction of sp³-hybridized carbons (Fsp3) is 0.333. The van der Waals surface area contributed by atoms with Crippen molar-refractivity contribution in [3.05, 3.63) is 47.2 Å². The van der Waals surface area contributed by atoms with Crippen molar-refractivity contribution in [2.45, 2.75) is 27.9 Å². The second-order valence-electron chi connectivity index (χ2n) is 7.40. The van der Waals surface area contributed by atoms with Gasteiger partial charge in [-0.2, -0.15) is 5.21 Å². The minimum absolute atomic E-state index is 0. The van der Waals surface area contributed by atoms with Crippen LogP contribution in [-0.2, 0) is 24.5 Å². The van der Waals surface area contributed by atoms with E-state index >= 15 is 0 Å². The number of amides is 2. The molecule has 1 aromatic heterocycles. The third-order valence-corrected chi connectivity index (χ3v) is 8.54. The Bertz CT molecular complexity index is 1280. The molecule has 0 saturated carbocycles. The molecule has 1 fully saturated rings. The number of thioether (sulfide) groups is 2. The van der Waals surface area contributed by atoms with Crippen molar-refractivity contribution in [3.8, 4) is 0 Å². The number of carboxylic acids is 1. The van der Waals surface area contributed by atoms with Crippen LogP contribution in [0.15, 0.2) is 46.8 Å². The number of aromatic nitrogens is 4. The molecule has 1 aromatic carbocycles. The van der Waals surface area contributed by atoms with Crippen molar-refractivity contribution in [3.63, 3.8) is 0 Å². The summed E-state index contributed by atoms with van der Waals surface area (Å²) in [5.41, 5.74) is -0.317. The maximum absolute atomic E-state index is 12.8. The van der Waals surface area contributed by atoms with Crippen LogP contribution in [-0.4, -0.2) is 89.6 Å². The Hall–Kier alpha value is -0.990. The monoisotopic (exact) mass is 586 g/mol. The number of H-pyrrole nitrogens is 1. The molecule has 3 heterocycles. The molecule has 2 amide bonds. The number of tetrazole rings is 1. The van der Waals surface area contributed by atoms with Gasteiger partial charge in [0, 0.05) is 11.0 Å². The van der Waals surface area contributed by atoms with E-state index in [1.54, 1.807) is 18.2 Å². The average Bonchev–Trinajstić information content (AvgIpc) is 3.33. The van der Waals surface area contributed by atoms with E-state index < -0.39 is 62.1 Å². The number of fused-ring (bicyclic) bond motifs is 1. The van der Waals surface area contributed by atoms with Gasteiger partial charge in [0.1, 0.15) is 11.4 Å². The summed E-state index contributed by atoms with van der Waals surface area (Å²) >= 11 is 1.75. The van der Waals surface area contributed by atoms with Crippen molar-refractivity contribution in [1.82, 2.24) is 30.8 Å². The quantitative estimate of drug-likeness (QED) is 0.108. The molecule has 3 N–H and O–H groups in total. The Morgan fingerprint density at radius 3 is 2.54 bits per heavy atom. The predicted molar refractivity (Wildman–Crippen MR) is 117 cm³/mol. The van der Waals surface area contributed by atoms with Gasteiger partial charge in [-0.05, 0) is 16.3 Å². The van der Waals surface area contributed by atoms with Crippen molar-refractivity contribution >= 4 is 51.4 Å². The standard InChI is InChI=1S/C18H18N6O8S3.2Na/c25-13(8-4-2-1-3-5-8)14(26)19-11-15(27)24-12(17(28)29)9(6-33-16(11)24)10(7-35(30,31)32)34-18-20-22-23-21-18;;/h1-5,10-11,13,16,25H,6-7H2,(H,19,26)(H,28,29)(H,30,31,32)(H,20,21,22,23);;/q;2*+1/p-2/t10?,11?,13?,16-;;/m0../s1. The van der Waals surface area contributed by atoms with Crippen LogP contribution in [0.25, 0.3) is 0 Å². The minimum atomic E-state index is -4.82. The van der Waals surface area contributed by atoms with Crippen LogP contribution >= 0.6 is 23.5 Å². The molecule has 2 aliphatic rings. The second-order valence-corrected chi connectivity index (χ2v) is 11.1. The third-order valence-electron chi connectivity index (χ3n) is 5.17. The first-order valence-electron chi connectivity index (χ1n) is 9.83. The molecule has 37 heavy (non-hydrogen) atoms. The molecule has 1 saturated heterocycles. The summed E-state index contributed by atoms with van der Waals surface area (Å²) in [4.78, 5) is 38.2. The smallest absolute Gasteiger partial charge is 0.748 e. The molecular weight excluding hydrogens is 570 g/mol. The molecule has 14 nitrogen and oxygen atoms in total. The average molecular weight is 587 g/mol. The number of hydrogen-bond donors (Lipinski definition) is 3. The maximum Gasteiger partial charge on any atom is 1.00 e. The Morgan fingerprint density at radius 2 is 1.97 bits per heavy atom. The molecule has 0 bridgehead atoms. The van der Waals surface area contributed by atoms with E-state index in [4.69, 9.17) is 0 Å². The number of hydrogen-bond acceptors (Lipinski definition) is 13. The molecule has 4 atom stereocenters. The van der Waals surface area contributed by atoms with Crippen LogP contribution in [0.2, 0.25) is 0 Å². The van der Waals surface area contributed by atoms with Gasteiger partial charge < -0.3 is 24.9 Å². The number of carbonyl (C=O) groups excluding carboxylic acids is 3. The molecular formula is C18H16N6Na2O8S3. The van der Waals surface area contributed by atoms with Crippen LogP contribution in [0.3, 0.4) is 0 Å². The Balaban J connectivity index is 0.00000241. The number of nitrogens with one attached hydrogen (secondary N) is 2. The van der Waals surface area contributed by atoms with Gasteiger partial charge >= 0.3 is 59.1 Å². The molecule has 0 radical (unpaired) electrons. The maximum atomic E-state index is 12.8. The number of β-lactam (4-membered cyclic amide) rings is 1. The van der Waals surface area contributed by atoms with Crippen molar-refractivity contribution < 1.29 is 96.7 Å². The number of aliphatic carboxylic acids is 1. The number of aliphatic hydroxyl groups excluding tert-OH is 1. The molecule has 0 aliphatic carbocycles. The Kier molecular flexibility index (Phi) is 11.7. The summed E-state index contributed by atoms with van der Waals surface area (Å²) in [6.45, 7) is 0. The third kappa shape index (κ3) is 7.36. The van der Waals surface area contributed by atoms with E-state index in [-0.39, 0.29) is 75.6 Å². The van der Waals surface area contributed by atoms with Crippen molar-refractivity contribution in [1.29, 1.82) is 0 Å². The van der Waals surface area contributed by atoms with Crippen LogP contribution in [0.5, 0.6) is 0 Å².